The van der Waals surface area contributed by atoms with Gasteiger partial charge in [0.05, 0.1) is 6.61 Å². The monoisotopic (exact) mass is 292 g/mol. The Balaban J connectivity index is 1.74. The van der Waals surface area contributed by atoms with Gasteiger partial charge in [-0.25, -0.2) is 0 Å². The van der Waals surface area contributed by atoms with E-state index in [9.17, 15) is 0 Å². The van der Waals surface area contributed by atoms with E-state index in [1.165, 1.54) is 5.56 Å². The molecule has 0 aliphatic rings. The molecule has 1 aromatic heterocycles. The van der Waals surface area contributed by atoms with E-state index in [1.54, 1.807) is 24.5 Å². The van der Waals surface area contributed by atoms with E-state index in [0.29, 0.717) is 16.8 Å². The summed E-state index contributed by atoms with van der Waals surface area (Å²) in [6.45, 7) is 0.531. The lowest BCUT2D eigenvalue weighted by Gasteiger charge is -2.09. The molecule has 0 aliphatic carbocycles. The Morgan fingerprint density at radius 2 is 1.84 bits per heavy atom. The van der Waals surface area contributed by atoms with Crippen LogP contribution in [0.3, 0.4) is 0 Å². The van der Waals surface area contributed by atoms with Gasteiger partial charge in [0.15, 0.2) is 0 Å². The third-order valence-corrected chi connectivity index (χ3v) is 2.94. The van der Waals surface area contributed by atoms with Crippen molar-refractivity contribution >= 4 is 34.7 Å². The van der Waals surface area contributed by atoms with Gasteiger partial charge >= 0.3 is 0 Å². The van der Waals surface area contributed by atoms with Crippen LogP contribution >= 0.6 is 23.8 Å². The average Bonchev–Trinajstić information content (AvgIpc) is 2.43. The second-order valence-electron chi connectivity index (χ2n) is 3.87. The highest BCUT2D eigenvalue weighted by Crippen LogP contribution is 2.13. The first kappa shape index (κ1) is 13.8. The Morgan fingerprint density at radius 1 is 1.16 bits per heavy atom. The average molecular weight is 293 g/mol. The van der Waals surface area contributed by atoms with Gasteiger partial charge in [-0.15, -0.1) is 0 Å². The summed E-state index contributed by atoms with van der Waals surface area (Å²) < 4.78 is 5.45. The zero-order valence-electron chi connectivity index (χ0n) is 10.2. The van der Waals surface area contributed by atoms with E-state index in [4.69, 9.17) is 28.6 Å². The third-order valence-electron chi connectivity index (χ3n) is 2.46. The molecule has 1 aromatic carbocycles. The number of hydrogen-bond donors (Lipinski definition) is 1. The molecule has 0 aliphatic heterocycles. The maximum Gasteiger partial charge on any atom is 0.261 e. The van der Waals surface area contributed by atoms with E-state index in [0.717, 1.165) is 12.1 Å². The number of ether oxygens (including phenoxy) is 1. The molecule has 3 nitrogen and oxygen atoms in total. The molecule has 1 N–H and O–H groups in total. The number of halogens is 1. The van der Waals surface area contributed by atoms with Crippen LogP contribution in [-0.4, -0.2) is 16.8 Å². The van der Waals surface area contributed by atoms with E-state index in [-0.39, 0.29) is 0 Å². The fourth-order valence-electron chi connectivity index (χ4n) is 1.50. The van der Waals surface area contributed by atoms with Gasteiger partial charge in [-0.05, 0) is 54.2 Å². The van der Waals surface area contributed by atoms with E-state index >= 15 is 0 Å². The number of thiocarbonyl (C=S) groups is 1. The van der Waals surface area contributed by atoms with Gasteiger partial charge in [-0.2, -0.15) is 0 Å². The van der Waals surface area contributed by atoms with Crippen LogP contribution in [0.4, 0.5) is 5.69 Å². The molecule has 19 heavy (non-hydrogen) atoms. The topological polar surface area (TPSA) is 34.1 Å². The van der Waals surface area contributed by atoms with Crippen LogP contribution in [0.25, 0.3) is 0 Å². The largest absolute Gasteiger partial charge is 0.470 e. The fourth-order valence-corrected chi connectivity index (χ4v) is 1.83. The van der Waals surface area contributed by atoms with Crippen LogP contribution in [0.1, 0.15) is 5.56 Å². The van der Waals surface area contributed by atoms with Crippen molar-refractivity contribution in [3.8, 4) is 0 Å². The maximum atomic E-state index is 5.80. The molecule has 0 unspecified atom stereocenters. The predicted octanol–water partition coefficient (Wildman–Crippen LogP) is 3.69. The van der Waals surface area contributed by atoms with Crippen LogP contribution in [0.5, 0.6) is 0 Å². The van der Waals surface area contributed by atoms with Crippen LogP contribution in [0.2, 0.25) is 5.02 Å². The van der Waals surface area contributed by atoms with Gasteiger partial charge in [-0.1, -0.05) is 11.6 Å². The lowest BCUT2D eigenvalue weighted by molar-refractivity contribution is 0.316. The molecule has 98 valence electrons. The molecule has 0 amide bonds. The summed E-state index contributed by atoms with van der Waals surface area (Å²) in [6, 6.07) is 11.2. The summed E-state index contributed by atoms with van der Waals surface area (Å²) >= 11 is 10.9. The Bertz CT molecular complexity index is 531. The van der Waals surface area contributed by atoms with Gasteiger partial charge in [0.2, 0.25) is 0 Å². The minimum absolute atomic E-state index is 0.358. The molecular weight excluding hydrogens is 280 g/mol. The lowest BCUT2D eigenvalue weighted by atomic mass is 10.2. The number of benzene rings is 1. The van der Waals surface area contributed by atoms with Gasteiger partial charge < -0.3 is 10.1 Å². The summed E-state index contributed by atoms with van der Waals surface area (Å²) in [5.41, 5.74) is 2.03. The number of aromatic nitrogens is 1. The summed E-state index contributed by atoms with van der Waals surface area (Å²) in [6.07, 6.45) is 4.32. The number of hydrogen-bond acceptors (Lipinski definition) is 3. The van der Waals surface area contributed by atoms with E-state index in [2.05, 4.69) is 10.3 Å². The lowest BCUT2D eigenvalue weighted by Crippen LogP contribution is -2.14. The van der Waals surface area contributed by atoms with Crippen molar-refractivity contribution in [1.82, 2.24) is 4.98 Å². The second-order valence-corrected chi connectivity index (χ2v) is 4.68. The highest BCUT2D eigenvalue weighted by molar-refractivity contribution is 7.80. The third kappa shape index (κ3) is 4.85. The van der Waals surface area contributed by atoms with Gasteiger partial charge in [0.25, 0.3) is 5.17 Å². The van der Waals surface area contributed by atoms with Crippen molar-refractivity contribution in [3.05, 3.63) is 59.4 Å². The summed E-state index contributed by atoms with van der Waals surface area (Å²) in [5, 5.41) is 4.04. The number of rotatable bonds is 4. The van der Waals surface area contributed by atoms with Crippen molar-refractivity contribution in [1.29, 1.82) is 0 Å². The number of anilines is 1. The van der Waals surface area contributed by atoms with Gasteiger partial charge in [-0.3, -0.25) is 4.98 Å². The first-order valence-electron chi connectivity index (χ1n) is 5.82. The molecule has 0 radical (unpaired) electrons. The van der Waals surface area contributed by atoms with E-state index in [1.807, 2.05) is 24.3 Å². The maximum absolute atomic E-state index is 5.80. The molecule has 0 saturated heterocycles. The molecular formula is C14H13ClN2OS. The standard InChI is InChI=1S/C14H13ClN2OS/c15-12-1-3-13(4-2-12)17-14(19)18-10-7-11-5-8-16-9-6-11/h1-6,8-9H,7,10H2,(H,17,19). The van der Waals surface area contributed by atoms with Crippen molar-refractivity contribution < 1.29 is 4.74 Å². The Hall–Kier alpha value is -1.65. The minimum Gasteiger partial charge on any atom is -0.470 e. The van der Waals surface area contributed by atoms with Crippen molar-refractivity contribution in [3.63, 3.8) is 0 Å². The molecule has 5 heteroatoms. The summed E-state index contributed by atoms with van der Waals surface area (Å²) in [5.74, 6) is 0. The molecule has 0 bridgehead atoms. The quantitative estimate of drug-likeness (QED) is 0.872. The smallest absolute Gasteiger partial charge is 0.261 e. The number of pyridine rings is 1. The number of nitrogens with zero attached hydrogens (tertiary/aromatic N) is 1. The summed E-state index contributed by atoms with van der Waals surface area (Å²) in [4.78, 5) is 3.96. The van der Waals surface area contributed by atoms with Crippen LogP contribution < -0.4 is 5.32 Å². The first-order valence-corrected chi connectivity index (χ1v) is 6.61. The second kappa shape index (κ2) is 7.07. The number of nitrogens with one attached hydrogen (secondary N) is 1. The fraction of sp³-hybridized carbons (Fsp3) is 0.143. The van der Waals surface area contributed by atoms with Crippen LogP contribution in [0, 0.1) is 0 Å². The van der Waals surface area contributed by atoms with E-state index < -0.39 is 0 Å². The SMILES string of the molecule is S=C(Nc1ccc(Cl)cc1)OCCc1ccncc1. The molecule has 0 saturated carbocycles. The van der Waals surface area contributed by atoms with Crippen molar-refractivity contribution in [2.45, 2.75) is 6.42 Å². The molecule has 0 fully saturated rings. The molecule has 1 heterocycles. The van der Waals surface area contributed by atoms with Crippen LogP contribution in [0.15, 0.2) is 48.8 Å². The molecule has 0 atom stereocenters. The summed E-state index contributed by atoms with van der Waals surface area (Å²) in [7, 11) is 0. The Kier molecular flexibility index (Phi) is 5.12. The van der Waals surface area contributed by atoms with Gasteiger partial charge in [0.1, 0.15) is 0 Å². The normalized spacial score (nSPS) is 9.95. The van der Waals surface area contributed by atoms with Crippen LogP contribution in [-0.2, 0) is 11.2 Å². The minimum atomic E-state index is 0.358. The first-order chi connectivity index (χ1) is 9.24. The predicted molar refractivity (Wildman–Crippen MR) is 81.6 cm³/mol. The molecule has 2 rings (SSSR count). The molecule has 2 aromatic rings. The Morgan fingerprint density at radius 3 is 2.53 bits per heavy atom. The van der Waals surface area contributed by atoms with Crippen molar-refractivity contribution in [2.75, 3.05) is 11.9 Å². The Labute approximate surface area is 122 Å². The van der Waals surface area contributed by atoms with Gasteiger partial charge in [0, 0.05) is 29.5 Å². The molecule has 0 spiro atoms. The van der Waals surface area contributed by atoms with Crippen molar-refractivity contribution in [2.24, 2.45) is 0 Å². The highest BCUT2D eigenvalue weighted by atomic mass is 35.5. The highest BCUT2D eigenvalue weighted by Gasteiger charge is 1.99. The zero-order chi connectivity index (χ0) is 13.5. The zero-order valence-corrected chi connectivity index (χ0v) is 11.7.